The summed E-state index contributed by atoms with van der Waals surface area (Å²) in [5.74, 6) is 1.36. The Bertz CT molecular complexity index is 584. The summed E-state index contributed by atoms with van der Waals surface area (Å²) < 4.78 is 10.7. The molecule has 5 nitrogen and oxygen atoms in total. The van der Waals surface area contributed by atoms with E-state index in [1.165, 1.54) is 6.42 Å². The van der Waals surface area contributed by atoms with Crippen molar-refractivity contribution < 1.29 is 14.3 Å². The number of hydrogen-bond acceptors (Lipinski definition) is 4. The summed E-state index contributed by atoms with van der Waals surface area (Å²) in [4.78, 5) is 12.5. The average molecular weight is 371 g/mol. The standard InChI is InChI=1S/C19H30N2O3.ClH/c1-18(2,14-8-9-15(23-3)16(12-14)24-4)13-21-17(22)19(20)10-6-5-7-11-19;/h8-9,12H,5-7,10-11,13,20H2,1-4H3,(H,21,22);1H. The van der Waals surface area contributed by atoms with Crippen molar-refractivity contribution in [3.8, 4) is 11.5 Å². The van der Waals surface area contributed by atoms with E-state index < -0.39 is 5.54 Å². The van der Waals surface area contributed by atoms with Crippen molar-refractivity contribution in [1.29, 1.82) is 0 Å². The Morgan fingerprint density at radius 1 is 1.16 bits per heavy atom. The lowest BCUT2D eigenvalue weighted by atomic mass is 9.80. The van der Waals surface area contributed by atoms with Crippen LogP contribution >= 0.6 is 12.4 Å². The van der Waals surface area contributed by atoms with Crippen molar-refractivity contribution in [3.05, 3.63) is 23.8 Å². The fraction of sp³-hybridized carbons (Fsp3) is 0.632. The highest BCUT2D eigenvalue weighted by Crippen LogP contribution is 2.33. The molecule has 3 N–H and O–H groups in total. The molecule has 0 aromatic heterocycles. The van der Waals surface area contributed by atoms with Gasteiger partial charge in [-0.2, -0.15) is 0 Å². The number of carbonyl (C=O) groups excluding carboxylic acids is 1. The molecule has 1 saturated carbocycles. The van der Waals surface area contributed by atoms with E-state index in [0.717, 1.165) is 31.2 Å². The van der Waals surface area contributed by atoms with Gasteiger partial charge in [-0.25, -0.2) is 0 Å². The zero-order valence-electron chi connectivity index (χ0n) is 15.7. The number of carbonyl (C=O) groups is 1. The number of amides is 1. The zero-order chi connectivity index (χ0) is 17.8. The van der Waals surface area contributed by atoms with Crippen LogP contribution in [0.3, 0.4) is 0 Å². The van der Waals surface area contributed by atoms with Crippen molar-refractivity contribution in [2.75, 3.05) is 20.8 Å². The van der Waals surface area contributed by atoms with Gasteiger partial charge in [-0.1, -0.05) is 39.2 Å². The van der Waals surface area contributed by atoms with Crippen LogP contribution in [0.4, 0.5) is 0 Å². The van der Waals surface area contributed by atoms with E-state index in [-0.39, 0.29) is 23.7 Å². The second-order valence-corrected chi connectivity index (χ2v) is 7.35. The van der Waals surface area contributed by atoms with E-state index in [0.29, 0.717) is 18.0 Å². The molecule has 0 radical (unpaired) electrons. The lowest BCUT2D eigenvalue weighted by Gasteiger charge is -2.34. The van der Waals surface area contributed by atoms with Gasteiger partial charge in [-0.15, -0.1) is 12.4 Å². The summed E-state index contributed by atoms with van der Waals surface area (Å²) in [5, 5.41) is 3.06. The molecule has 25 heavy (non-hydrogen) atoms. The van der Waals surface area contributed by atoms with E-state index in [2.05, 4.69) is 19.2 Å². The van der Waals surface area contributed by atoms with Gasteiger partial charge in [0.15, 0.2) is 11.5 Å². The van der Waals surface area contributed by atoms with Crippen LogP contribution in [0.1, 0.15) is 51.5 Å². The third kappa shape index (κ3) is 5.02. The predicted octanol–water partition coefficient (Wildman–Crippen LogP) is 3.18. The van der Waals surface area contributed by atoms with Crippen molar-refractivity contribution in [1.82, 2.24) is 5.32 Å². The molecule has 0 aliphatic heterocycles. The molecular formula is C19H31ClN2O3. The fourth-order valence-electron chi connectivity index (χ4n) is 3.25. The molecule has 1 fully saturated rings. The van der Waals surface area contributed by atoms with Gasteiger partial charge in [0.25, 0.3) is 0 Å². The maximum absolute atomic E-state index is 12.5. The number of nitrogens with two attached hydrogens (primary N) is 1. The first-order valence-corrected chi connectivity index (χ1v) is 8.62. The molecule has 0 bridgehead atoms. The number of nitrogens with one attached hydrogen (secondary N) is 1. The molecule has 1 aromatic carbocycles. The number of methoxy groups -OCH3 is 2. The summed E-state index contributed by atoms with van der Waals surface area (Å²) in [6, 6.07) is 5.86. The summed E-state index contributed by atoms with van der Waals surface area (Å²) in [6.45, 7) is 4.72. The van der Waals surface area contributed by atoms with Gasteiger partial charge in [-0.05, 0) is 30.5 Å². The maximum Gasteiger partial charge on any atom is 0.240 e. The zero-order valence-corrected chi connectivity index (χ0v) is 16.5. The van der Waals surface area contributed by atoms with Gasteiger partial charge in [0, 0.05) is 12.0 Å². The van der Waals surface area contributed by atoms with Crippen LogP contribution in [-0.4, -0.2) is 32.2 Å². The second-order valence-electron chi connectivity index (χ2n) is 7.35. The van der Waals surface area contributed by atoms with Gasteiger partial charge in [0.1, 0.15) is 0 Å². The monoisotopic (exact) mass is 370 g/mol. The predicted molar refractivity (Wildman–Crippen MR) is 103 cm³/mol. The number of rotatable bonds is 6. The van der Waals surface area contributed by atoms with Crippen LogP contribution in [0.25, 0.3) is 0 Å². The first-order valence-electron chi connectivity index (χ1n) is 8.62. The first-order chi connectivity index (χ1) is 11.3. The molecule has 1 aliphatic carbocycles. The lowest BCUT2D eigenvalue weighted by Crippen LogP contribution is -2.56. The Kier molecular flexibility index (Phi) is 7.57. The quantitative estimate of drug-likeness (QED) is 0.806. The Labute approximate surface area is 157 Å². The molecule has 0 atom stereocenters. The minimum absolute atomic E-state index is 0. The van der Waals surface area contributed by atoms with Crippen LogP contribution < -0.4 is 20.5 Å². The Morgan fingerprint density at radius 3 is 2.32 bits per heavy atom. The average Bonchev–Trinajstić information content (AvgIpc) is 2.59. The third-order valence-corrected chi connectivity index (χ3v) is 5.05. The Morgan fingerprint density at radius 2 is 1.76 bits per heavy atom. The van der Waals surface area contributed by atoms with Gasteiger partial charge >= 0.3 is 0 Å². The molecule has 1 aliphatic rings. The topological polar surface area (TPSA) is 73.6 Å². The number of benzene rings is 1. The van der Waals surface area contributed by atoms with Crippen molar-refractivity contribution >= 4 is 18.3 Å². The van der Waals surface area contributed by atoms with E-state index in [1.807, 2.05) is 18.2 Å². The van der Waals surface area contributed by atoms with Gasteiger partial charge in [0.2, 0.25) is 5.91 Å². The summed E-state index contributed by atoms with van der Waals surface area (Å²) >= 11 is 0. The fourth-order valence-corrected chi connectivity index (χ4v) is 3.25. The summed E-state index contributed by atoms with van der Waals surface area (Å²) in [7, 11) is 3.24. The van der Waals surface area contributed by atoms with Gasteiger partial charge in [-0.3, -0.25) is 4.79 Å². The van der Waals surface area contributed by atoms with E-state index in [4.69, 9.17) is 15.2 Å². The second kappa shape index (κ2) is 8.77. The van der Waals surface area contributed by atoms with E-state index >= 15 is 0 Å². The number of halogens is 1. The minimum atomic E-state index is -0.702. The number of ether oxygens (including phenoxy) is 2. The molecular weight excluding hydrogens is 340 g/mol. The molecule has 2 rings (SSSR count). The smallest absolute Gasteiger partial charge is 0.240 e. The number of hydrogen-bond donors (Lipinski definition) is 2. The molecule has 142 valence electrons. The van der Waals surface area contributed by atoms with Crippen LogP contribution in [0.5, 0.6) is 11.5 Å². The highest BCUT2D eigenvalue weighted by molar-refractivity contribution is 5.86. The van der Waals surface area contributed by atoms with Crippen LogP contribution in [-0.2, 0) is 10.2 Å². The molecule has 0 unspecified atom stereocenters. The molecule has 0 spiro atoms. The molecule has 0 saturated heterocycles. The summed E-state index contributed by atoms with van der Waals surface area (Å²) in [5.41, 5.74) is 6.45. The SMILES string of the molecule is COc1ccc(C(C)(C)CNC(=O)C2(N)CCCCC2)cc1OC.Cl. The molecule has 1 aromatic rings. The van der Waals surface area contributed by atoms with Crippen LogP contribution in [0.2, 0.25) is 0 Å². The normalized spacial score (nSPS) is 16.5. The summed E-state index contributed by atoms with van der Waals surface area (Å²) in [6.07, 6.45) is 4.78. The lowest BCUT2D eigenvalue weighted by molar-refractivity contribution is -0.127. The van der Waals surface area contributed by atoms with Crippen molar-refractivity contribution in [2.45, 2.75) is 56.9 Å². The van der Waals surface area contributed by atoms with Crippen LogP contribution in [0, 0.1) is 0 Å². The molecule has 0 heterocycles. The molecule has 6 heteroatoms. The highest BCUT2D eigenvalue weighted by atomic mass is 35.5. The van der Waals surface area contributed by atoms with E-state index in [9.17, 15) is 4.79 Å². The highest BCUT2D eigenvalue weighted by Gasteiger charge is 2.36. The van der Waals surface area contributed by atoms with Gasteiger partial charge < -0.3 is 20.5 Å². The van der Waals surface area contributed by atoms with Crippen molar-refractivity contribution in [3.63, 3.8) is 0 Å². The van der Waals surface area contributed by atoms with E-state index in [1.54, 1.807) is 14.2 Å². The van der Waals surface area contributed by atoms with Gasteiger partial charge in [0.05, 0.1) is 19.8 Å². The Balaban J connectivity index is 0.00000312. The minimum Gasteiger partial charge on any atom is -0.493 e. The largest absolute Gasteiger partial charge is 0.493 e. The first kappa shape index (κ1) is 21.6. The third-order valence-electron chi connectivity index (χ3n) is 5.05. The van der Waals surface area contributed by atoms with Crippen LogP contribution in [0.15, 0.2) is 18.2 Å². The maximum atomic E-state index is 12.5. The molecule has 1 amide bonds. The Hall–Kier alpha value is -1.46. The van der Waals surface area contributed by atoms with Crippen molar-refractivity contribution in [2.24, 2.45) is 5.73 Å².